The van der Waals surface area contributed by atoms with Crippen LogP contribution in [0.1, 0.15) is 12.6 Å². The summed E-state index contributed by atoms with van der Waals surface area (Å²) in [5.74, 6) is 1.48. The minimum absolute atomic E-state index is 0.0318. The number of aryl methyl sites for hydroxylation is 1. The molecule has 0 fully saturated rings. The van der Waals surface area contributed by atoms with E-state index in [1.54, 1.807) is 13.1 Å². The van der Waals surface area contributed by atoms with E-state index in [1.807, 2.05) is 31.2 Å². The topological polar surface area (TPSA) is 66.9 Å². The largest absolute Gasteiger partial charge is 0.457 e. The summed E-state index contributed by atoms with van der Waals surface area (Å²) in [5, 5.41) is 13.5. The number of nitrogens with zero attached hydrogens (tertiary/aromatic N) is 2. The molecule has 1 aromatic heterocycles. The van der Waals surface area contributed by atoms with Gasteiger partial charge < -0.3 is 4.74 Å². The fraction of sp³-hybridized carbons (Fsp3) is 0.214. The minimum atomic E-state index is -0.607. The van der Waals surface area contributed by atoms with Gasteiger partial charge in [-0.05, 0) is 24.6 Å². The lowest BCUT2D eigenvalue weighted by Crippen LogP contribution is -2.41. The Balaban J connectivity index is 2.56. The van der Waals surface area contributed by atoms with E-state index >= 15 is 0 Å². The van der Waals surface area contributed by atoms with Crippen molar-refractivity contribution in [3.8, 4) is 0 Å². The van der Waals surface area contributed by atoms with Crippen molar-refractivity contribution in [2.24, 2.45) is 0 Å². The monoisotopic (exact) mass is 256 g/mol. The second kappa shape index (κ2) is 5.42. The van der Waals surface area contributed by atoms with Gasteiger partial charge in [-0.15, -0.1) is 0 Å². The van der Waals surface area contributed by atoms with Crippen LogP contribution >= 0.6 is 0 Å². The predicted molar refractivity (Wildman–Crippen MR) is 70.7 cm³/mol. The molecule has 0 amide bonds. The third-order valence-corrected chi connectivity index (χ3v) is 2.69. The van der Waals surface area contributed by atoms with E-state index in [0.29, 0.717) is 0 Å². The fourth-order valence-electron chi connectivity index (χ4n) is 1.83. The number of aromatic nitrogens is 2. The lowest BCUT2D eigenvalue weighted by atomic mass is 10.1. The SMILES string of the molecule is CCOC(=O)C(=C=N)[n+]1cc2ccccc2c(C)n1. The quantitative estimate of drug-likeness (QED) is 0.391. The molecule has 1 heterocycles. The first-order valence-electron chi connectivity index (χ1n) is 5.93. The number of hydrogen-bond acceptors (Lipinski definition) is 4. The number of carbonyl (C=O) groups excluding carboxylic acids is 1. The van der Waals surface area contributed by atoms with Crippen molar-refractivity contribution in [3.63, 3.8) is 0 Å². The summed E-state index contributed by atoms with van der Waals surface area (Å²) in [7, 11) is 0. The molecule has 96 valence electrons. The molecular weight excluding hydrogens is 242 g/mol. The highest BCUT2D eigenvalue weighted by atomic mass is 16.5. The molecule has 0 radical (unpaired) electrons. The molecule has 5 heteroatoms. The van der Waals surface area contributed by atoms with Crippen LogP contribution in [0.15, 0.2) is 30.5 Å². The summed E-state index contributed by atoms with van der Waals surface area (Å²) in [6, 6.07) is 7.72. The van der Waals surface area contributed by atoms with Gasteiger partial charge in [0.05, 0.1) is 17.9 Å². The van der Waals surface area contributed by atoms with Gasteiger partial charge in [0.15, 0.2) is 0 Å². The zero-order chi connectivity index (χ0) is 13.8. The van der Waals surface area contributed by atoms with E-state index in [1.165, 1.54) is 4.68 Å². The molecule has 2 rings (SSSR count). The summed E-state index contributed by atoms with van der Waals surface area (Å²) in [6.07, 6.45) is 1.69. The van der Waals surface area contributed by atoms with Crippen LogP contribution in [0.4, 0.5) is 0 Å². The summed E-state index contributed by atoms with van der Waals surface area (Å²) in [4.78, 5) is 11.7. The fourth-order valence-corrected chi connectivity index (χ4v) is 1.83. The third-order valence-electron chi connectivity index (χ3n) is 2.69. The lowest BCUT2D eigenvalue weighted by Gasteiger charge is -2.01. The molecule has 0 atom stereocenters. The van der Waals surface area contributed by atoms with Crippen LogP contribution < -0.4 is 4.68 Å². The van der Waals surface area contributed by atoms with E-state index in [9.17, 15) is 4.79 Å². The zero-order valence-corrected chi connectivity index (χ0v) is 10.8. The van der Waals surface area contributed by atoms with Crippen LogP contribution in [-0.2, 0) is 9.53 Å². The molecule has 0 aliphatic heterocycles. The predicted octanol–water partition coefficient (Wildman–Crippen LogP) is 1.48. The minimum Gasteiger partial charge on any atom is -0.457 e. The summed E-state index contributed by atoms with van der Waals surface area (Å²) >= 11 is 0. The van der Waals surface area contributed by atoms with Crippen molar-refractivity contribution in [2.75, 3.05) is 6.61 Å². The number of esters is 1. The normalized spacial score (nSPS) is 10.0. The molecule has 0 aliphatic rings. The van der Waals surface area contributed by atoms with Crippen LogP contribution in [-0.4, -0.2) is 23.5 Å². The van der Waals surface area contributed by atoms with Crippen LogP contribution in [0.2, 0.25) is 0 Å². The highest BCUT2D eigenvalue weighted by molar-refractivity contribution is 6.15. The van der Waals surface area contributed by atoms with Crippen molar-refractivity contribution in [2.45, 2.75) is 13.8 Å². The van der Waals surface area contributed by atoms with Crippen LogP contribution in [0.3, 0.4) is 0 Å². The van der Waals surface area contributed by atoms with Crippen molar-refractivity contribution in [3.05, 3.63) is 36.2 Å². The van der Waals surface area contributed by atoms with Gasteiger partial charge in [0.2, 0.25) is 6.20 Å². The number of carbonyl (C=O) groups is 1. The Labute approximate surface area is 110 Å². The van der Waals surface area contributed by atoms with Gasteiger partial charge in [-0.3, -0.25) is 5.41 Å². The van der Waals surface area contributed by atoms with E-state index < -0.39 is 5.97 Å². The van der Waals surface area contributed by atoms with E-state index in [-0.39, 0.29) is 12.3 Å². The van der Waals surface area contributed by atoms with Gasteiger partial charge in [0, 0.05) is 10.5 Å². The number of benzene rings is 1. The van der Waals surface area contributed by atoms with Crippen LogP contribution in [0.5, 0.6) is 0 Å². The molecule has 1 N–H and O–H groups in total. The van der Waals surface area contributed by atoms with E-state index in [4.69, 9.17) is 10.1 Å². The highest BCUT2D eigenvalue weighted by Gasteiger charge is 2.25. The van der Waals surface area contributed by atoms with Crippen molar-refractivity contribution in [1.82, 2.24) is 5.10 Å². The van der Waals surface area contributed by atoms with Crippen LogP contribution in [0.25, 0.3) is 16.5 Å². The molecule has 2 aromatic rings. The summed E-state index contributed by atoms with van der Waals surface area (Å²) in [6.45, 7) is 3.81. The molecule has 5 nitrogen and oxygen atoms in total. The van der Waals surface area contributed by atoms with Gasteiger partial charge in [0.25, 0.3) is 0 Å². The van der Waals surface area contributed by atoms with Gasteiger partial charge in [-0.1, -0.05) is 18.2 Å². The zero-order valence-electron chi connectivity index (χ0n) is 10.8. The highest BCUT2D eigenvalue weighted by Crippen LogP contribution is 2.13. The summed E-state index contributed by atoms with van der Waals surface area (Å²) in [5.41, 5.74) is 0.742. The van der Waals surface area contributed by atoms with Crippen molar-refractivity contribution >= 4 is 28.3 Å². The Kier molecular flexibility index (Phi) is 3.68. The first-order valence-corrected chi connectivity index (χ1v) is 5.93. The summed E-state index contributed by atoms with van der Waals surface area (Å²) < 4.78 is 6.22. The van der Waals surface area contributed by atoms with Crippen LogP contribution in [0, 0.1) is 12.3 Å². The second-order valence-corrected chi connectivity index (χ2v) is 3.94. The maximum Gasteiger partial charge on any atom is 0.417 e. The van der Waals surface area contributed by atoms with Gasteiger partial charge >= 0.3 is 11.7 Å². The van der Waals surface area contributed by atoms with Crippen molar-refractivity contribution < 1.29 is 14.2 Å². The maximum absolute atomic E-state index is 11.7. The first-order chi connectivity index (χ1) is 9.17. The van der Waals surface area contributed by atoms with Gasteiger partial charge in [-0.25, -0.2) is 4.79 Å². The molecule has 19 heavy (non-hydrogen) atoms. The molecule has 0 saturated heterocycles. The number of fused-ring (bicyclic) bond motifs is 1. The molecular formula is C14H14N3O2+. The molecule has 0 aliphatic carbocycles. The number of rotatable bonds is 3. The molecule has 1 aromatic carbocycles. The third kappa shape index (κ3) is 2.51. The van der Waals surface area contributed by atoms with Gasteiger partial charge in [-0.2, -0.15) is 0 Å². The van der Waals surface area contributed by atoms with E-state index in [2.05, 4.69) is 11.0 Å². The average Bonchev–Trinajstić information content (AvgIpc) is 2.40. The molecule has 0 unspecified atom stereocenters. The molecule has 0 spiro atoms. The second-order valence-electron chi connectivity index (χ2n) is 3.94. The number of ether oxygens (including phenoxy) is 1. The smallest absolute Gasteiger partial charge is 0.417 e. The Morgan fingerprint density at radius 1 is 1.47 bits per heavy atom. The average molecular weight is 256 g/mol. The standard InChI is InChI=1S/C14H14N3O2/c1-3-19-14(18)13(8-15)17-9-11-6-4-5-7-12(11)10(2)16-17/h4-7,9,15H,3H2,1-2H3/q+1. The Hall–Kier alpha value is -2.52. The van der Waals surface area contributed by atoms with Crippen molar-refractivity contribution in [1.29, 1.82) is 5.41 Å². The Morgan fingerprint density at radius 3 is 2.89 bits per heavy atom. The molecule has 0 bridgehead atoms. The number of hydrogen-bond donors (Lipinski definition) is 1. The van der Waals surface area contributed by atoms with Gasteiger partial charge in [0.1, 0.15) is 5.69 Å². The Bertz CT molecular complexity index is 688. The first kappa shape index (κ1) is 12.9. The Morgan fingerprint density at radius 2 is 2.21 bits per heavy atom. The van der Waals surface area contributed by atoms with E-state index in [0.717, 1.165) is 16.5 Å². The number of nitrogens with one attached hydrogen (secondary N) is 1. The lowest BCUT2D eigenvalue weighted by molar-refractivity contribution is -0.641. The maximum atomic E-state index is 11.7. The molecule has 0 saturated carbocycles.